The van der Waals surface area contributed by atoms with E-state index in [-0.39, 0.29) is 36.0 Å². The molecule has 3 N–H and O–H groups in total. The second-order valence-electron chi connectivity index (χ2n) is 11.8. The van der Waals surface area contributed by atoms with Gasteiger partial charge in [0.05, 0.1) is 18.7 Å². The standard InChI is InChI=1S/C33H42N6O5S/c1-2-44-27-12-10-26(11-13-27)39-32(43)28(38(33(39)45)18-4-16-36-19-14-24(15-20-36)31(34)42)21-29(40)35-22-23-6-8-25(9-7-23)37-17-3-5-30(37)41/h6-13,24,28H,2-5,14-22H2,1H3,(H2,34,42)(H,35,40). The number of hydrogen-bond acceptors (Lipinski definition) is 7. The fourth-order valence-corrected chi connectivity index (χ4v) is 6.67. The zero-order valence-corrected chi connectivity index (χ0v) is 26.6. The SMILES string of the molecule is CCOc1ccc(N2C(=O)C(CC(=O)NCc3ccc(N4CCCC4=O)cc3)N(CCCN3CCC(C(N)=O)CC3)C2=S)cc1. The second-order valence-corrected chi connectivity index (χ2v) is 12.1. The predicted molar refractivity (Wildman–Crippen MR) is 176 cm³/mol. The molecule has 0 spiro atoms. The predicted octanol–water partition coefficient (Wildman–Crippen LogP) is 2.81. The topological polar surface area (TPSA) is 129 Å². The largest absolute Gasteiger partial charge is 0.494 e. The average Bonchev–Trinajstić information content (AvgIpc) is 3.57. The van der Waals surface area contributed by atoms with Gasteiger partial charge in [0.15, 0.2) is 5.11 Å². The van der Waals surface area contributed by atoms with Gasteiger partial charge in [0.2, 0.25) is 17.7 Å². The molecule has 0 bridgehead atoms. The van der Waals surface area contributed by atoms with Crippen molar-refractivity contribution in [2.75, 3.05) is 49.1 Å². The summed E-state index contributed by atoms with van der Waals surface area (Å²) < 4.78 is 5.56. The lowest BCUT2D eigenvalue weighted by atomic mass is 9.96. The van der Waals surface area contributed by atoms with E-state index in [1.54, 1.807) is 29.2 Å². The molecule has 2 aromatic carbocycles. The van der Waals surface area contributed by atoms with Gasteiger partial charge in [-0.05, 0) is 106 Å². The summed E-state index contributed by atoms with van der Waals surface area (Å²) in [7, 11) is 0. The average molecular weight is 635 g/mol. The number of thiocarbonyl (C=S) groups is 1. The zero-order valence-electron chi connectivity index (χ0n) is 25.8. The van der Waals surface area contributed by atoms with E-state index in [1.165, 1.54) is 4.90 Å². The van der Waals surface area contributed by atoms with Crippen LogP contribution >= 0.6 is 12.2 Å². The highest BCUT2D eigenvalue weighted by Gasteiger charge is 2.44. The molecule has 11 nitrogen and oxygen atoms in total. The van der Waals surface area contributed by atoms with Crippen LogP contribution in [0.5, 0.6) is 5.75 Å². The van der Waals surface area contributed by atoms with E-state index in [2.05, 4.69) is 10.2 Å². The van der Waals surface area contributed by atoms with E-state index < -0.39 is 6.04 Å². The van der Waals surface area contributed by atoms with Crippen LogP contribution in [0.4, 0.5) is 11.4 Å². The normalized spacial score (nSPS) is 19.4. The highest BCUT2D eigenvalue weighted by molar-refractivity contribution is 7.80. The molecule has 3 aliphatic rings. The lowest BCUT2D eigenvalue weighted by Gasteiger charge is -2.31. The maximum Gasteiger partial charge on any atom is 0.256 e. The Kier molecular flexibility index (Phi) is 10.7. The van der Waals surface area contributed by atoms with E-state index in [1.807, 2.05) is 36.1 Å². The van der Waals surface area contributed by atoms with Crippen molar-refractivity contribution in [2.24, 2.45) is 11.7 Å². The van der Waals surface area contributed by atoms with Gasteiger partial charge in [0, 0.05) is 37.7 Å². The molecule has 0 aromatic heterocycles. The number of nitrogens with zero attached hydrogens (tertiary/aromatic N) is 4. The number of nitrogens with one attached hydrogen (secondary N) is 1. The number of carbonyl (C=O) groups is 4. The number of likely N-dealkylation sites (tertiary alicyclic amines) is 1. The minimum absolute atomic E-state index is 0.0309. The molecule has 3 saturated heterocycles. The first kappa shape index (κ1) is 32.4. The van der Waals surface area contributed by atoms with Crippen molar-refractivity contribution in [3.63, 3.8) is 0 Å². The number of benzene rings is 2. The first-order valence-corrected chi connectivity index (χ1v) is 16.2. The van der Waals surface area contributed by atoms with Crippen molar-refractivity contribution in [3.05, 3.63) is 54.1 Å². The molecule has 3 aliphatic heterocycles. The number of anilines is 2. The number of piperidine rings is 1. The van der Waals surface area contributed by atoms with E-state index in [9.17, 15) is 19.2 Å². The molecule has 0 radical (unpaired) electrons. The fraction of sp³-hybridized carbons (Fsp3) is 0.485. The van der Waals surface area contributed by atoms with Gasteiger partial charge >= 0.3 is 0 Å². The van der Waals surface area contributed by atoms with Crippen LogP contribution in [0.2, 0.25) is 0 Å². The maximum atomic E-state index is 13.8. The highest BCUT2D eigenvalue weighted by atomic mass is 32.1. The molecule has 12 heteroatoms. The van der Waals surface area contributed by atoms with Crippen LogP contribution in [-0.2, 0) is 25.7 Å². The van der Waals surface area contributed by atoms with Crippen LogP contribution in [0.25, 0.3) is 0 Å². The number of nitrogens with two attached hydrogens (primary N) is 1. The van der Waals surface area contributed by atoms with Gasteiger partial charge in [-0.2, -0.15) is 0 Å². The van der Waals surface area contributed by atoms with Crippen LogP contribution in [0.1, 0.15) is 51.0 Å². The van der Waals surface area contributed by atoms with Gasteiger partial charge in [0.25, 0.3) is 5.91 Å². The summed E-state index contributed by atoms with van der Waals surface area (Å²) >= 11 is 5.83. The molecule has 2 aromatic rings. The number of ether oxygens (including phenoxy) is 1. The lowest BCUT2D eigenvalue weighted by Crippen LogP contribution is -2.42. The van der Waals surface area contributed by atoms with Crippen LogP contribution in [-0.4, -0.2) is 83.9 Å². The van der Waals surface area contributed by atoms with E-state index >= 15 is 0 Å². The molecule has 3 heterocycles. The summed E-state index contributed by atoms with van der Waals surface area (Å²) in [4.78, 5) is 58.0. The Morgan fingerprint density at radius 2 is 1.67 bits per heavy atom. The first-order chi connectivity index (χ1) is 21.7. The molecule has 3 fully saturated rings. The quantitative estimate of drug-likeness (QED) is 0.322. The van der Waals surface area contributed by atoms with Crippen molar-refractivity contribution in [3.8, 4) is 5.75 Å². The molecular formula is C33H42N6O5S. The molecular weight excluding hydrogens is 592 g/mol. The summed E-state index contributed by atoms with van der Waals surface area (Å²) in [5, 5.41) is 3.33. The fourth-order valence-electron chi connectivity index (χ4n) is 6.25. The summed E-state index contributed by atoms with van der Waals surface area (Å²) in [6.07, 6.45) is 3.66. The smallest absolute Gasteiger partial charge is 0.256 e. The van der Waals surface area contributed by atoms with Gasteiger partial charge in [-0.3, -0.25) is 24.1 Å². The summed E-state index contributed by atoms with van der Waals surface area (Å²) in [5.74, 6) is 0.0474. The number of primary amides is 1. The molecule has 0 aliphatic carbocycles. The van der Waals surface area contributed by atoms with Crippen molar-refractivity contribution in [1.29, 1.82) is 0 Å². The van der Waals surface area contributed by atoms with Crippen LogP contribution in [0, 0.1) is 5.92 Å². The molecule has 1 unspecified atom stereocenters. The maximum absolute atomic E-state index is 13.8. The number of hydrogen-bond donors (Lipinski definition) is 2. The zero-order chi connectivity index (χ0) is 31.9. The molecule has 0 saturated carbocycles. The van der Waals surface area contributed by atoms with Gasteiger partial charge in [-0.25, -0.2) is 0 Å². The third-order valence-corrected chi connectivity index (χ3v) is 9.19. The Hall–Kier alpha value is -4.03. The Morgan fingerprint density at radius 1 is 0.978 bits per heavy atom. The molecule has 5 rings (SSSR count). The Morgan fingerprint density at radius 3 is 2.29 bits per heavy atom. The van der Waals surface area contributed by atoms with E-state index in [4.69, 9.17) is 22.7 Å². The third kappa shape index (κ3) is 7.80. The van der Waals surface area contributed by atoms with Crippen molar-refractivity contribution in [2.45, 2.75) is 58.0 Å². The molecule has 45 heavy (non-hydrogen) atoms. The summed E-state index contributed by atoms with van der Waals surface area (Å²) in [5.41, 5.74) is 7.88. The lowest BCUT2D eigenvalue weighted by molar-refractivity contribution is -0.127. The molecule has 4 amide bonds. The monoisotopic (exact) mass is 634 g/mol. The van der Waals surface area contributed by atoms with Gasteiger partial charge in [-0.1, -0.05) is 12.1 Å². The summed E-state index contributed by atoms with van der Waals surface area (Å²) in [6.45, 7) is 6.39. The Balaban J connectivity index is 1.22. The van der Waals surface area contributed by atoms with E-state index in [0.29, 0.717) is 42.7 Å². The molecule has 240 valence electrons. The van der Waals surface area contributed by atoms with Crippen molar-refractivity contribution in [1.82, 2.24) is 15.1 Å². The molecule has 1 atom stereocenters. The van der Waals surface area contributed by atoms with Gasteiger partial charge in [0.1, 0.15) is 11.8 Å². The van der Waals surface area contributed by atoms with Crippen LogP contribution in [0.15, 0.2) is 48.5 Å². The third-order valence-electron chi connectivity index (χ3n) is 8.78. The number of carbonyl (C=O) groups excluding carboxylic acids is 4. The minimum atomic E-state index is -0.728. The van der Waals surface area contributed by atoms with Crippen LogP contribution in [0.3, 0.4) is 0 Å². The first-order valence-electron chi connectivity index (χ1n) is 15.8. The minimum Gasteiger partial charge on any atom is -0.494 e. The second kappa shape index (κ2) is 14.8. The van der Waals surface area contributed by atoms with Crippen molar-refractivity contribution >= 4 is 52.3 Å². The van der Waals surface area contributed by atoms with Crippen LogP contribution < -0.4 is 25.6 Å². The Labute approximate surface area is 269 Å². The van der Waals surface area contributed by atoms with Crippen molar-refractivity contribution < 1.29 is 23.9 Å². The summed E-state index contributed by atoms with van der Waals surface area (Å²) in [6, 6.07) is 14.1. The number of amides is 4. The highest BCUT2D eigenvalue weighted by Crippen LogP contribution is 2.29. The van der Waals surface area contributed by atoms with Gasteiger partial charge < -0.3 is 30.5 Å². The van der Waals surface area contributed by atoms with Gasteiger partial charge in [-0.15, -0.1) is 0 Å². The number of rotatable bonds is 13. The Bertz CT molecular complexity index is 1390. The van der Waals surface area contributed by atoms with E-state index in [0.717, 1.165) is 63.1 Å².